The fraction of sp³-hybridized carbons (Fsp3) is 0.100. The fourth-order valence-corrected chi connectivity index (χ4v) is 2.97. The van der Waals surface area contributed by atoms with Crippen LogP contribution >= 0.6 is 0 Å². The number of ether oxygens (including phenoxy) is 2. The second-order valence-corrected chi connectivity index (χ2v) is 5.67. The Kier molecular flexibility index (Phi) is 3.31. The van der Waals surface area contributed by atoms with E-state index >= 15 is 0 Å². The lowest BCUT2D eigenvalue weighted by Gasteiger charge is -2.17. The molecule has 2 aliphatic rings. The molecular weight excluding hydrogens is 304 g/mol. The van der Waals surface area contributed by atoms with E-state index in [-0.39, 0.29) is 17.1 Å². The van der Waals surface area contributed by atoms with Crippen molar-refractivity contribution in [1.82, 2.24) is 0 Å². The van der Waals surface area contributed by atoms with Crippen molar-refractivity contribution in [3.8, 4) is 11.5 Å². The first-order valence-electron chi connectivity index (χ1n) is 7.59. The number of hydrogen-bond donors (Lipinski definition) is 0. The molecule has 24 heavy (non-hydrogen) atoms. The summed E-state index contributed by atoms with van der Waals surface area (Å²) in [5.74, 6) is 1.02. The molecule has 0 bridgehead atoms. The molecule has 2 aromatic carbocycles. The standard InChI is InChI=1S/C20H14O4/c1-23-14-6-7-18-13(10-14)8-12(11-24-18)9-17-19(21)15-4-2-3-5-16(15)20(17)22/h2-10H,11H2,1H3. The van der Waals surface area contributed by atoms with Gasteiger partial charge in [-0.3, -0.25) is 9.59 Å². The number of hydrogen-bond acceptors (Lipinski definition) is 4. The van der Waals surface area contributed by atoms with Crippen LogP contribution in [0.25, 0.3) is 6.08 Å². The summed E-state index contributed by atoms with van der Waals surface area (Å²) in [5.41, 5.74) is 2.77. The zero-order chi connectivity index (χ0) is 16.7. The highest BCUT2D eigenvalue weighted by Crippen LogP contribution is 2.32. The Bertz CT molecular complexity index is 897. The Morgan fingerprint density at radius 2 is 1.75 bits per heavy atom. The minimum absolute atomic E-state index is 0.192. The summed E-state index contributed by atoms with van der Waals surface area (Å²) < 4.78 is 10.9. The highest BCUT2D eigenvalue weighted by molar-refractivity contribution is 6.39. The monoisotopic (exact) mass is 318 g/mol. The number of ketones is 2. The summed E-state index contributed by atoms with van der Waals surface area (Å²) in [6.45, 7) is 0.319. The van der Waals surface area contributed by atoms with Crippen molar-refractivity contribution in [2.24, 2.45) is 0 Å². The molecule has 1 aliphatic heterocycles. The maximum absolute atomic E-state index is 12.4. The van der Waals surface area contributed by atoms with Crippen LogP contribution < -0.4 is 9.47 Å². The number of Topliss-reactive ketones (excluding diaryl/α,β-unsaturated/α-hetero) is 2. The van der Waals surface area contributed by atoms with Gasteiger partial charge in [0, 0.05) is 16.7 Å². The molecule has 0 saturated heterocycles. The Labute approximate surface area is 139 Å². The van der Waals surface area contributed by atoms with Gasteiger partial charge >= 0.3 is 0 Å². The highest BCUT2D eigenvalue weighted by atomic mass is 16.5. The molecule has 0 saturated carbocycles. The first-order chi connectivity index (χ1) is 11.7. The summed E-state index contributed by atoms with van der Waals surface area (Å²) in [7, 11) is 1.60. The summed E-state index contributed by atoms with van der Waals surface area (Å²) in [6, 6.07) is 12.4. The van der Waals surface area contributed by atoms with Crippen LogP contribution in [0.1, 0.15) is 26.3 Å². The van der Waals surface area contributed by atoms with Crippen molar-refractivity contribution in [3.05, 3.63) is 76.4 Å². The third-order valence-electron chi connectivity index (χ3n) is 4.19. The number of carbonyl (C=O) groups excluding carboxylic acids is 2. The molecule has 2 aromatic rings. The summed E-state index contributed by atoms with van der Waals surface area (Å²) in [5, 5.41) is 0. The summed E-state index contributed by atoms with van der Waals surface area (Å²) in [4.78, 5) is 24.9. The molecule has 0 fully saturated rings. The molecule has 1 heterocycles. The summed E-state index contributed by atoms with van der Waals surface area (Å²) >= 11 is 0. The predicted molar refractivity (Wildman–Crippen MR) is 89.7 cm³/mol. The van der Waals surface area contributed by atoms with Crippen LogP contribution in [0.5, 0.6) is 11.5 Å². The molecule has 1 aliphatic carbocycles. The van der Waals surface area contributed by atoms with Crippen LogP contribution in [0.3, 0.4) is 0 Å². The van der Waals surface area contributed by atoms with Crippen LogP contribution in [0.15, 0.2) is 59.7 Å². The van der Waals surface area contributed by atoms with Crippen LogP contribution in [0.4, 0.5) is 0 Å². The van der Waals surface area contributed by atoms with E-state index in [0.717, 1.165) is 22.6 Å². The fourth-order valence-electron chi connectivity index (χ4n) is 2.97. The zero-order valence-corrected chi connectivity index (χ0v) is 13.0. The molecule has 0 spiro atoms. The van der Waals surface area contributed by atoms with Gasteiger partial charge in [-0.15, -0.1) is 0 Å². The third kappa shape index (κ3) is 2.24. The van der Waals surface area contributed by atoms with Gasteiger partial charge in [-0.05, 0) is 35.9 Å². The van der Waals surface area contributed by atoms with E-state index in [1.165, 1.54) is 0 Å². The van der Waals surface area contributed by atoms with Crippen molar-refractivity contribution >= 4 is 17.6 Å². The number of carbonyl (C=O) groups is 2. The van der Waals surface area contributed by atoms with Crippen molar-refractivity contribution in [1.29, 1.82) is 0 Å². The van der Waals surface area contributed by atoms with Crippen molar-refractivity contribution < 1.29 is 19.1 Å². The lowest BCUT2D eigenvalue weighted by atomic mass is 10.0. The van der Waals surface area contributed by atoms with E-state index in [1.807, 2.05) is 24.3 Å². The quantitative estimate of drug-likeness (QED) is 0.628. The molecule has 0 radical (unpaired) electrons. The number of methoxy groups -OCH3 is 1. The Hall–Kier alpha value is -3.14. The molecule has 0 aromatic heterocycles. The highest BCUT2D eigenvalue weighted by Gasteiger charge is 2.32. The molecule has 0 amide bonds. The molecule has 0 unspecified atom stereocenters. The molecule has 4 nitrogen and oxygen atoms in total. The largest absolute Gasteiger partial charge is 0.497 e. The molecule has 4 heteroatoms. The van der Waals surface area contributed by atoms with Crippen LogP contribution in [-0.2, 0) is 0 Å². The van der Waals surface area contributed by atoms with Gasteiger partial charge in [-0.2, -0.15) is 0 Å². The smallest absolute Gasteiger partial charge is 0.197 e. The van der Waals surface area contributed by atoms with Gasteiger partial charge in [0.15, 0.2) is 11.6 Å². The van der Waals surface area contributed by atoms with Crippen molar-refractivity contribution in [2.45, 2.75) is 0 Å². The van der Waals surface area contributed by atoms with Gasteiger partial charge in [-0.25, -0.2) is 0 Å². The Balaban J connectivity index is 1.73. The van der Waals surface area contributed by atoms with E-state index in [2.05, 4.69) is 0 Å². The Morgan fingerprint density at radius 1 is 1.04 bits per heavy atom. The minimum Gasteiger partial charge on any atom is -0.497 e. The second kappa shape index (κ2) is 5.49. The first kappa shape index (κ1) is 14.5. The summed E-state index contributed by atoms with van der Waals surface area (Å²) in [6.07, 6.45) is 3.55. The van der Waals surface area contributed by atoms with Crippen LogP contribution in [0, 0.1) is 0 Å². The first-order valence-corrected chi connectivity index (χ1v) is 7.59. The van der Waals surface area contributed by atoms with E-state index in [9.17, 15) is 9.59 Å². The van der Waals surface area contributed by atoms with Gasteiger partial charge in [0.05, 0.1) is 12.7 Å². The van der Waals surface area contributed by atoms with Gasteiger partial charge in [-0.1, -0.05) is 24.3 Å². The normalized spacial score (nSPS) is 15.4. The maximum atomic E-state index is 12.4. The van der Waals surface area contributed by atoms with E-state index in [1.54, 1.807) is 37.5 Å². The van der Waals surface area contributed by atoms with Crippen molar-refractivity contribution in [2.75, 3.05) is 13.7 Å². The molecular formula is C20H14O4. The van der Waals surface area contributed by atoms with Gasteiger partial charge < -0.3 is 9.47 Å². The van der Waals surface area contributed by atoms with Gasteiger partial charge in [0.2, 0.25) is 0 Å². The number of allylic oxidation sites excluding steroid dienone is 1. The number of fused-ring (bicyclic) bond motifs is 2. The van der Waals surface area contributed by atoms with Crippen LogP contribution in [-0.4, -0.2) is 25.3 Å². The third-order valence-corrected chi connectivity index (χ3v) is 4.19. The Morgan fingerprint density at radius 3 is 2.42 bits per heavy atom. The van der Waals surface area contributed by atoms with E-state index in [4.69, 9.17) is 9.47 Å². The lowest BCUT2D eigenvalue weighted by Crippen LogP contribution is -2.09. The molecule has 0 N–H and O–H groups in total. The average molecular weight is 318 g/mol. The molecule has 0 atom stereocenters. The number of benzene rings is 2. The van der Waals surface area contributed by atoms with Crippen LogP contribution in [0.2, 0.25) is 0 Å². The van der Waals surface area contributed by atoms with Crippen molar-refractivity contribution in [3.63, 3.8) is 0 Å². The van der Waals surface area contributed by atoms with Gasteiger partial charge in [0.1, 0.15) is 18.1 Å². The lowest BCUT2D eigenvalue weighted by molar-refractivity contribution is 0.0988. The zero-order valence-electron chi connectivity index (χ0n) is 13.0. The SMILES string of the molecule is COc1ccc2c(c1)C=C(C=C1C(=O)c3ccccc3C1=O)CO2. The number of rotatable bonds is 2. The van der Waals surface area contributed by atoms with E-state index in [0.29, 0.717) is 17.7 Å². The van der Waals surface area contributed by atoms with E-state index < -0.39 is 0 Å². The second-order valence-electron chi connectivity index (χ2n) is 5.67. The maximum Gasteiger partial charge on any atom is 0.197 e. The van der Waals surface area contributed by atoms with Gasteiger partial charge in [0.25, 0.3) is 0 Å². The molecule has 118 valence electrons. The predicted octanol–water partition coefficient (Wildman–Crippen LogP) is 3.48. The minimum atomic E-state index is -0.229. The molecule has 4 rings (SSSR count). The topological polar surface area (TPSA) is 52.6 Å². The average Bonchev–Trinajstić information content (AvgIpc) is 2.86.